The van der Waals surface area contributed by atoms with Crippen LogP contribution in [-0.4, -0.2) is 58.0 Å². The second-order valence-electron chi connectivity index (χ2n) is 6.96. The molecule has 3 heterocycles. The largest absolute Gasteiger partial charge is 0.490 e. The Morgan fingerprint density at radius 2 is 1.15 bits per heavy atom. The summed E-state index contributed by atoms with van der Waals surface area (Å²) in [5.41, 5.74) is 2.03. The van der Waals surface area contributed by atoms with Crippen LogP contribution in [0.2, 0.25) is 0 Å². The number of ether oxygens (including phenoxy) is 6. The van der Waals surface area contributed by atoms with Gasteiger partial charge in [0.1, 0.15) is 43.9 Å². The standard InChI is InChI=1S/C21H22O6/c1-2-4-14(5-3-1)18-6-20(26-12-16-9-23-16)21(27-13-17-10-24-17)7-19(18)25-11-15-8-22-15/h1-7,15-17H,8-13H2. The zero-order valence-corrected chi connectivity index (χ0v) is 15.0. The van der Waals surface area contributed by atoms with E-state index >= 15 is 0 Å². The van der Waals surface area contributed by atoms with Crippen LogP contribution in [0.3, 0.4) is 0 Å². The van der Waals surface area contributed by atoms with Gasteiger partial charge in [-0.3, -0.25) is 0 Å². The molecule has 2 aromatic carbocycles. The highest BCUT2D eigenvalue weighted by molar-refractivity contribution is 5.74. The zero-order valence-electron chi connectivity index (χ0n) is 15.0. The molecule has 3 aliphatic heterocycles. The molecule has 0 saturated carbocycles. The van der Waals surface area contributed by atoms with E-state index in [-0.39, 0.29) is 18.3 Å². The van der Waals surface area contributed by atoms with Crippen LogP contribution < -0.4 is 14.2 Å². The maximum absolute atomic E-state index is 6.06. The molecule has 0 radical (unpaired) electrons. The number of benzene rings is 2. The van der Waals surface area contributed by atoms with Crippen molar-refractivity contribution in [3.05, 3.63) is 42.5 Å². The molecule has 142 valence electrons. The Hall–Kier alpha value is -2.28. The summed E-state index contributed by atoms with van der Waals surface area (Å²) in [4.78, 5) is 0. The third-order valence-corrected chi connectivity index (χ3v) is 4.61. The van der Waals surface area contributed by atoms with E-state index < -0.39 is 0 Å². The molecule has 27 heavy (non-hydrogen) atoms. The van der Waals surface area contributed by atoms with Crippen molar-refractivity contribution in [2.24, 2.45) is 0 Å². The van der Waals surface area contributed by atoms with Gasteiger partial charge in [0.05, 0.1) is 19.8 Å². The first-order chi connectivity index (χ1) is 13.3. The molecule has 2 aromatic rings. The number of hydrogen-bond donors (Lipinski definition) is 0. The number of hydrogen-bond acceptors (Lipinski definition) is 6. The van der Waals surface area contributed by atoms with Gasteiger partial charge < -0.3 is 28.4 Å². The van der Waals surface area contributed by atoms with E-state index in [1.54, 1.807) is 0 Å². The van der Waals surface area contributed by atoms with Crippen molar-refractivity contribution in [1.82, 2.24) is 0 Å². The first-order valence-electron chi connectivity index (χ1n) is 9.32. The summed E-state index contributed by atoms with van der Waals surface area (Å²) in [6.45, 7) is 3.80. The van der Waals surface area contributed by atoms with Gasteiger partial charge in [0.15, 0.2) is 11.5 Å². The Balaban J connectivity index is 1.45. The van der Waals surface area contributed by atoms with Gasteiger partial charge in [-0.1, -0.05) is 30.3 Å². The van der Waals surface area contributed by atoms with Crippen LogP contribution >= 0.6 is 0 Å². The van der Waals surface area contributed by atoms with Gasteiger partial charge in [0.25, 0.3) is 0 Å². The molecule has 6 heteroatoms. The molecule has 0 aliphatic carbocycles. The van der Waals surface area contributed by atoms with E-state index in [4.69, 9.17) is 28.4 Å². The minimum absolute atomic E-state index is 0.169. The van der Waals surface area contributed by atoms with Crippen LogP contribution in [0.1, 0.15) is 0 Å². The SMILES string of the molecule is c1ccc(-c2cc(OCC3CO3)c(OCC3CO3)cc2OCC2CO2)cc1. The molecule has 5 rings (SSSR count). The summed E-state index contributed by atoms with van der Waals surface area (Å²) in [5.74, 6) is 2.12. The predicted molar refractivity (Wildman–Crippen MR) is 97.6 cm³/mol. The van der Waals surface area contributed by atoms with Crippen molar-refractivity contribution in [2.45, 2.75) is 18.3 Å². The Kier molecular flexibility index (Phi) is 4.61. The predicted octanol–water partition coefficient (Wildman–Crippen LogP) is 2.69. The molecule has 0 bridgehead atoms. The van der Waals surface area contributed by atoms with E-state index in [0.717, 1.165) is 36.7 Å². The summed E-state index contributed by atoms with van der Waals surface area (Å²) in [5, 5.41) is 0. The van der Waals surface area contributed by atoms with Crippen LogP contribution in [0.15, 0.2) is 42.5 Å². The van der Waals surface area contributed by atoms with Gasteiger partial charge in [-0.15, -0.1) is 0 Å². The maximum Gasteiger partial charge on any atom is 0.165 e. The molecule has 3 fully saturated rings. The number of rotatable bonds is 10. The second-order valence-corrected chi connectivity index (χ2v) is 6.96. The van der Waals surface area contributed by atoms with Crippen LogP contribution in [0.25, 0.3) is 11.1 Å². The Labute approximate surface area is 157 Å². The second kappa shape index (κ2) is 7.38. The average Bonchev–Trinajstić information content (AvgIpc) is 3.57. The molecule has 0 N–H and O–H groups in total. The van der Waals surface area contributed by atoms with E-state index in [1.165, 1.54) is 0 Å². The van der Waals surface area contributed by atoms with Crippen molar-refractivity contribution >= 4 is 0 Å². The lowest BCUT2D eigenvalue weighted by Gasteiger charge is -2.17. The van der Waals surface area contributed by atoms with Crippen molar-refractivity contribution in [1.29, 1.82) is 0 Å². The normalized spacial score (nSPS) is 25.0. The molecule has 0 amide bonds. The first-order valence-corrected chi connectivity index (χ1v) is 9.32. The third-order valence-electron chi connectivity index (χ3n) is 4.61. The molecule has 3 unspecified atom stereocenters. The molecule has 3 saturated heterocycles. The lowest BCUT2D eigenvalue weighted by molar-refractivity contribution is 0.225. The van der Waals surface area contributed by atoms with Gasteiger partial charge in [0.2, 0.25) is 0 Å². The molecule has 0 spiro atoms. The van der Waals surface area contributed by atoms with Crippen molar-refractivity contribution in [3.63, 3.8) is 0 Å². The van der Waals surface area contributed by atoms with Gasteiger partial charge in [-0.2, -0.15) is 0 Å². The zero-order chi connectivity index (χ0) is 18.1. The Bertz CT molecular complexity index is 781. The molecular weight excluding hydrogens is 348 g/mol. The topological polar surface area (TPSA) is 65.3 Å². The molecule has 3 aliphatic rings. The van der Waals surface area contributed by atoms with Crippen molar-refractivity contribution in [2.75, 3.05) is 39.6 Å². The van der Waals surface area contributed by atoms with E-state index in [0.29, 0.717) is 31.3 Å². The minimum atomic E-state index is 0.169. The monoisotopic (exact) mass is 370 g/mol. The lowest BCUT2D eigenvalue weighted by Crippen LogP contribution is -2.10. The third kappa shape index (κ3) is 4.53. The van der Waals surface area contributed by atoms with E-state index in [1.807, 2.05) is 30.3 Å². The first kappa shape index (κ1) is 16.9. The summed E-state index contributed by atoms with van der Waals surface area (Å²) >= 11 is 0. The van der Waals surface area contributed by atoms with Gasteiger partial charge in [-0.05, 0) is 11.6 Å². The fraction of sp³-hybridized carbons (Fsp3) is 0.429. The fourth-order valence-electron chi connectivity index (χ4n) is 2.77. The molecule has 3 atom stereocenters. The van der Waals surface area contributed by atoms with Crippen LogP contribution in [0.4, 0.5) is 0 Å². The lowest BCUT2D eigenvalue weighted by atomic mass is 10.0. The van der Waals surface area contributed by atoms with Gasteiger partial charge in [0, 0.05) is 11.6 Å². The van der Waals surface area contributed by atoms with Crippen LogP contribution in [0, 0.1) is 0 Å². The van der Waals surface area contributed by atoms with Crippen LogP contribution in [-0.2, 0) is 14.2 Å². The highest BCUT2D eigenvalue weighted by Gasteiger charge is 2.28. The molecular formula is C21H22O6. The number of epoxide rings is 3. The van der Waals surface area contributed by atoms with Crippen molar-refractivity contribution in [3.8, 4) is 28.4 Å². The highest BCUT2D eigenvalue weighted by atomic mass is 16.6. The Morgan fingerprint density at radius 3 is 1.67 bits per heavy atom. The summed E-state index contributed by atoms with van der Waals surface area (Å²) in [7, 11) is 0. The smallest absolute Gasteiger partial charge is 0.165 e. The van der Waals surface area contributed by atoms with Crippen LogP contribution in [0.5, 0.6) is 17.2 Å². The molecule has 6 nitrogen and oxygen atoms in total. The minimum Gasteiger partial charge on any atom is -0.490 e. The average molecular weight is 370 g/mol. The highest BCUT2D eigenvalue weighted by Crippen LogP contribution is 2.41. The fourth-order valence-corrected chi connectivity index (χ4v) is 2.77. The van der Waals surface area contributed by atoms with E-state index in [9.17, 15) is 0 Å². The van der Waals surface area contributed by atoms with Gasteiger partial charge in [-0.25, -0.2) is 0 Å². The summed E-state index contributed by atoms with van der Waals surface area (Å²) < 4.78 is 33.8. The summed E-state index contributed by atoms with van der Waals surface area (Å²) in [6.07, 6.45) is 0.524. The summed E-state index contributed by atoms with van der Waals surface area (Å²) in [6, 6.07) is 14.0. The molecule has 0 aromatic heterocycles. The van der Waals surface area contributed by atoms with Crippen molar-refractivity contribution < 1.29 is 28.4 Å². The maximum atomic E-state index is 6.06. The quantitative estimate of drug-likeness (QED) is 0.599. The Morgan fingerprint density at radius 1 is 0.667 bits per heavy atom. The van der Waals surface area contributed by atoms with E-state index in [2.05, 4.69) is 12.1 Å². The van der Waals surface area contributed by atoms with Gasteiger partial charge >= 0.3 is 0 Å².